The smallest absolute Gasteiger partial charge is 0.151 e. The summed E-state index contributed by atoms with van der Waals surface area (Å²) in [5.74, 6) is 1.80. The number of anilines is 1. The second-order valence-electron chi connectivity index (χ2n) is 8.16. The van der Waals surface area contributed by atoms with E-state index in [1.165, 1.54) is 60.5 Å². The third-order valence-corrected chi connectivity index (χ3v) is 7.36. The predicted octanol–water partition coefficient (Wildman–Crippen LogP) is 3.40. The van der Waals surface area contributed by atoms with Crippen molar-refractivity contribution in [2.75, 3.05) is 25.0 Å². The summed E-state index contributed by atoms with van der Waals surface area (Å²) in [6, 6.07) is 2.85. The fourth-order valence-corrected chi connectivity index (χ4v) is 5.52. The minimum atomic E-state index is 0.585. The van der Waals surface area contributed by atoms with Crippen LogP contribution in [0, 0.1) is 0 Å². The Morgan fingerprint density at radius 3 is 2.85 bits per heavy atom. The summed E-state index contributed by atoms with van der Waals surface area (Å²) in [5.41, 5.74) is 3.87. The molecule has 1 saturated carbocycles. The number of fused-ring (bicyclic) bond motifs is 1. The zero-order valence-corrected chi connectivity index (χ0v) is 16.3. The molecule has 0 bridgehead atoms. The molecule has 5 nitrogen and oxygen atoms in total. The fraction of sp³-hybridized carbons (Fsp3) is 0.650. The molecule has 138 valence electrons. The Morgan fingerprint density at radius 2 is 2.00 bits per heavy atom. The largest absolute Gasteiger partial charge is 0.352 e. The number of rotatable bonds is 5. The quantitative estimate of drug-likeness (QED) is 0.808. The molecule has 0 aromatic carbocycles. The Hall–Kier alpha value is -1.53. The van der Waals surface area contributed by atoms with Crippen molar-refractivity contribution in [1.29, 1.82) is 0 Å². The van der Waals surface area contributed by atoms with E-state index < -0.39 is 0 Å². The van der Waals surface area contributed by atoms with E-state index in [4.69, 9.17) is 4.98 Å². The van der Waals surface area contributed by atoms with E-state index in [2.05, 4.69) is 38.5 Å². The first-order valence-electron chi connectivity index (χ1n) is 10.0. The van der Waals surface area contributed by atoms with Crippen LogP contribution >= 0.6 is 11.3 Å². The molecule has 0 N–H and O–H groups in total. The summed E-state index contributed by atoms with van der Waals surface area (Å²) in [4.78, 5) is 9.74. The molecular weight excluding hydrogens is 342 g/mol. The lowest BCUT2D eigenvalue weighted by Gasteiger charge is -2.44. The van der Waals surface area contributed by atoms with Crippen molar-refractivity contribution < 1.29 is 0 Å². The van der Waals surface area contributed by atoms with Crippen molar-refractivity contribution >= 4 is 17.2 Å². The van der Waals surface area contributed by atoms with E-state index in [1.54, 1.807) is 0 Å². The zero-order chi connectivity index (χ0) is 17.5. The molecule has 3 aliphatic rings. The molecule has 1 aliphatic heterocycles. The standard InChI is InChI=1S/C20H27N5S/c1-24(10-16-13-26-20(21-16)14-5-2-3-6-14)17-11-25(12-17)19-9-15-7-4-8-18(15)22-23-19/h9,13-14,17H,2-8,10-12H2,1H3. The van der Waals surface area contributed by atoms with Crippen molar-refractivity contribution in [2.45, 2.75) is 63.5 Å². The van der Waals surface area contributed by atoms with Gasteiger partial charge in [-0.25, -0.2) is 4.98 Å². The zero-order valence-electron chi connectivity index (χ0n) is 15.5. The molecule has 26 heavy (non-hydrogen) atoms. The number of hydrogen-bond acceptors (Lipinski definition) is 6. The molecule has 2 fully saturated rings. The van der Waals surface area contributed by atoms with Gasteiger partial charge in [0, 0.05) is 37.0 Å². The maximum atomic E-state index is 4.93. The summed E-state index contributed by atoms with van der Waals surface area (Å²) >= 11 is 1.87. The fourth-order valence-electron chi connectivity index (χ4n) is 4.53. The average molecular weight is 370 g/mol. The van der Waals surface area contributed by atoms with Crippen LogP contribution in [0.1, 0.15) is 60.0 Å². The molecule has 5 rings (SSSR count). The van der Waals surface area contributed by atoms with E-state index in [1.807, 2.05) is 11.3 Å². The van der Waals surface area contributed by atoms with Crippen LogP contribution in [0.15, 0.2) is 11.4 Å². The lowest BCUT2D eigenvalue weighted by atomic mass is 10.1. The van der Waals surface area contributed by atoms with Gasteiger partial charge in [-0.2, -0.15) is 5.10 Å². The Bertz CT molecular complexity index is 776. The van der Waals surface area contributed by atoms with Crippen LogP contribution in [0.4, 0.5) is 5.82 Å². The van der Waals surface area contributed by atoms with Crippen LogP contribution in [-0.2, 0) is 19.4 Å². The van der Waals surface area contributed by atoms with Crippen molar-refractivity contribution in [3.05, 3.63) is 33.4 Å². The van der Waals surface area contributed by atoms with E-state index in [0.717, 1.165) is 37.8 Å². The molecule has 0 amide bonds. The molecule has 2 aromatic rings. The first-order valence-corrected chi connectivity index (χ1v) is 10.9. The van der Waals surface area contributed by atoms with Crippen molar-refractivity contribution in [3.63, 3.8) is 0 Å². The summed E-state index contributed by atoms with van der Waals surface area (Å²) in [5, 5.41) is 12.5. The summed E-state index contributed by atoms with van der Waals surface area (Å²) in [7, 11) is 2.23. The Morgan fingerprint density at radius 1 is 1.15 bits per heavy atom. The van der Waals surface area contributed by atoms with Crippen LogP contribution in [0.2, 0.25) is 0 Å². The SMILES string of the molecule is CN(Cc1csc(C2CCCC2)n1)C1CN(c2cc3c(nn2)CCC3)C1. The molecule has 2 aromatic heterocycles. The van der Waals surface area contributed by atoms with Crippen LogP contribution < -0.4 is 4.90 Å². The van der Waals surface area contributed by atoms with Gasteiger partial charge in [-0.05, 0) is 50.8 Å². The highest BCUT2D eigenvalue weighted by atomic mass is 32.1. The van der Waals surface area contributed by atoms with E-state index in [9.17, 15) is 0 Å². The van der Waals surface area contributed by atoms with Crippen molar-refractivity contribution in [1.82, 2.24) is 20.1 Å². The van der Waals surface area contributed by atoms with Gasteiger partial charge in [0.25, 0.3) is 0 Å². The molecule has 0 radical (unpaired) electrons. The first kappa shape index (κ1) is 16.6. The highest BCUT2D eigenvalue weighted by Gasteiger charge is 2.32. The topological polar surface area (TPSA) is 45.2 Å². The van der Waals surface area contributed by atoms with E-state index in [0.29, 0.717) is 6.04 Å². The van der Waals surface area contributed by atoms with Crippen molar-refractivity contribution in [2.24, 2.45) is 0 Å². The lowest BCUT2D eigenvalue weighted by molar-refractivity contribution is 0.195. The number of aromatic nitrogens is 3. The summed E-state index contributed by atoms with van der Waals surface area (Å²) < 4.78 is 0. The number of likely N-dealkylation sites (N-methyl/N-ethyl adjacent to an activating group) is 1. The third-order valence-electron chi connectivity index (χ3n) is 6.30. The second-order valence-corrected chi connectivity index (χ2v) is 9.05. The Labute approximate surface area is 159 Å². The second kappa shape index (κ2) is 6.89. The average Bonchev–Trinajstić information content (AvgIpc) is 3.34. The van der Waals surface area contributed by atoms with Crippen LogP contribution in [0.5, 0.6) is 0 Å². The van der Waals surface area contributed by atoms with Gasteiger partial charge in [0.15, 0.2) is 5.82 Å². The van der Waals surface area contributed by atoms with Crippen LogP contribution in [0.3, 0.4) is 0 Å². The monoisotopic (exact) mass is 369 g/mol. The normalized spacial score (nSPS) is 20.8. The van der Waals surface area contributed by atoms with Gasteiger partial charge in [0.1, 0.15) is 0 Å². The van der Waals surface area contributed by atoms with Gasteiger partial charge < -0.3 is 4.90 Å². The molecule has 0 atom stereocenters. The highest BCUT2D eigenvalue weighted by molar-refractivity contribution is 7.09. The number of hydrogen-bond donors (Lipinski definition) is 0. The minimum Gasteiger partial charge on any atom is -0.352 e. The summed E-state index contributed by atoms with van der Waals surface area (Å²) in [6.45, 7) is 3.05. The number of thiazole rings is 1. The van der Waals surface area contributed by atoms with Gasteiger partial charge in [-0.1, -0.05) is 12.8 Å². The maximum absolute atomic E-state index is 4.93. The first-order chi connectivity index (χ1) is 12.8. The maximum Gasteiger partial charge on any atom is 0.151 e. The van der Waals surface area contributed by atoms with Gasteiger partial charge in [-0.3, -0.25) is 4.90 Å². The van der Waals surface area contributed by atoms with Gasteiger partial charge in [0.05, 0.1) is 16.4 Å². The molecule has 6 heteroatoms. The van der Waals surface area contributed by atoms with Crippen LogP contribution in [0.25, 0.3) is 0 Å². The lowest BCUT2D eigenvalue weighted by Crippen LogP contribution is -2.58. The van der Waals surface area contributed by atoms with E-state index >= 15 is 0 Å². The molecule has 0 unspecified atom stereocenters. The summed E-state index contributed by atoms with van der Waals surface area (Å²) in [6.07, 6.45) is 8.93. The molecule has 0 spiro atoms. The van der Waals surface area contributed by atoms with Gasteiger partial charge >= 0.3 is 0 Å². The Kier molecular flexibility index (Phi) is 4.41. The highest BCUT2D eigenvalue weighted by Crippen LogP contribution is 2.36. The van der Waals surface area contributed by atoms with Gasteiger partial charge in [-0.15, -0.1) is 16.4 Å². The Balaban J connectivity index is 1.16. The molecule has 1 saturated heterocycles. The number of nitrogens with zero attached hydrogens (tertiary/aromatic N) is 5. The predicted molar refractivity (Wildman–Crippen MR) is 105 cm³/mol. The number of aryl methyl sites for hydroxylation is 2. The molecule has 2 aliphatic carbocycles. The van der Waals surface area contributed by atoms with Gasteiger partial charge in [0.2, 0.25) is 0 Å². The van der Waals surface area contributed by atoms with Crippen molar-refractivity contribution in [3.8, 4) is 0 Å². The van der Waals surface area contributed by atoms with E-state index in [-0.39, 0.29) is 0 Å². The van der Waals surface area contributed by atoms with Crippen LogP contribution in [-0.4, -0.2) is 46.3 Å². The third kappa shape index (κ3) is 3.14. The molecule has 3 heterocycles. The molecular formula is C20H27N5S. The minimum absolute atomic E-state index is 0.585.